The molecule has 1 aromatic carbocycles. The lowest BCUT2D eigenvalue weighted by Gasteiger charge is -2.43. The Bertz CT molecular complexity index is 702. The fourth-order valence-electron chi connectivity index (χ4n) is 3.91. The summed E-state index contributed by atoms with van der Waals surface area (Å²) in [6.07, 6.45) is 4.28. The van der Waals surface area contributed by atoms with E-state index < -0.39 is 15.7 Å². The number of sulfonamides is 1. The molecule has 0 radical (unpaired) electrons. The van der Waals surface area contributed by atoms with E-state index in [0.29, 0.717) is 19.7 Å². The molecule has 0 amide bonds. The summed E-state index contributed by atoms with van der Waals surface area (Å²) in [5.74, 6) is 0.846. The molecule has 1 atom stereocenters. The molecule has 1 spiro atoms. The van der Waals surface area contributed by atoms with Crippen molar-refractivity contribution in [1.29, 1.82) is 0 Å². The van der Waals surface area contributed by atoms with Crippen LogP contribution in [-0.4, -0.2) is 61.2 Å². The Balaban J connectivity index is 1.60. The Morgan fingerprint density at radius 3 is 2.67 bits per heavy atom. The van der Waals surface area contributed by atoms with Gasteiger partial charge in [-0.05, 0) is 62.4 Å². The molecule has 1 N–H and O–H groups in total. The fraction of sp³-hybridized carbons (Fsp3) is 0.647. The summed E-state index contributed by atoms with van der Waals surface area (Å²) in [5, 5.41) is 9.41. The predicted molar refractivity (Wildman–Crippen MR) is 89.1 cm³/mol. The Morgan fingerprint density at radius 2 is 1.96 bits per heavy atom. The lowest BCUT2D eigenvalue weighted by atomic mass is 10.0. The van der Waals surface area contributed by atoms with Crippen LogP contribution in [0.4, 0.5) is 0 Å². The third-order valence-electron chi connectivity index (χ3n) is 5.27. The van der Waals surface area contributed by atoms with Gasteiger partial charge in [-0.3, -0.25) is 4.90 Å². The highest BCUT2D eigenvalue weighted by molar-refractivity contribution is 7.89. The minimum absolute atomic E-state index is 0.0645. The van der Waals surface area contributed by atoms with E-state index in [1.807, 2.05) is 0 Å². The molecule has 2 aliphatic heterocycles. The van der Waals surface area contributed by atoms with Crippen molar-refractivity contribution in [3.05, 3.63) is 24.3 Å². The first-order valence-corrected chi connectivity index (χ1v) is 10.1. The third kappa shape index (κ3) is 2.94. The molecule has 7 heteroatoms. The maximum atomic E-state index is 13.1. The molecule has 2 heterocycles. The van der Waals surface area contributed by atoms with Gasteiger partial charge in [-0.15, -0.1) is 0 Å². The van der Waals surface area contributed by atoms with Crippen molar-refractivity contribution in [2.24, 2.45) is 5.92 Å². The van der Waals surface area contributed by atoms with Gasteiger partial charge in [0.15, 0.2) is 0 Å². The molecule has 1 aliphatic carbocycles. The highest BCUT2D eigenvalue weighted by Crippen LogP contribution is 2.39. The number of phenols is 1. The van der Waals surface area contributed by atoms with E-state index in [-0.39, 0.29) is 10.6 Å². The van der Waals surface area contributed by atoms with E-state index in [2.05, 4.69) is 4.90 Å². The summed E-state index contributed by atoms with van der Waals surface area (Å²) >= 11 is 0. The average Bonchev–Trinajstić information content (AvgIpc) is 3.27. The minimum atomic E-state index is -3.63. The van der Waals surface area contributed by atoms with Crippen molar-refractivity contribution in [1.82, 2.24) is 9.21 Å². The molecule has 3 aliphatic rings. The smallest absolute Gasteiger partial charge is 0.245 e. The molecular formula is C17H24N2O4S. The third-order valence-corrected chi connectivity index (χ3v) is 7.23. The Hall–Kier alpha value is -1.15. The number of ether oxygens (including phenoxy) is 1. The van der Waals surface area contributed by atoms with Crippen LogP contribution < -0.4 is 0 Å². The summed E-state index contributed by atoms with van der Waals surface area (Å²) in [5.41, 5.74) is -0.732. The van der Waals surface area contributed by atoms with Crippen LogP contribution in [0, 0.1) is 5.92 Å². The zero-order valence-electron chi connectivity index (χ0n) is 13.7. The van der Waals surface area contributed by atoms with Crippen LogP contribution in [0.15, 0.2) is 29.2 Å². The Labute approximate surface area is 143 Å². The Kier molecular flexibility index (Phi) is 4.07. The standard InChI is InChI=1S/C17H24N2O4S/c20-15-4-6-16(7-5-15)24(21,22)19-10-11-23-17(19)8-1-9-18(13-17)12-14-2-3-14/h4-7,14,20H,1-3,8-13H2. The zero-order valence-corrected chi connectivity index (χ0v) is 14.5. The summed E-state index contributed by atoms with van der Waals surface area (Å²) in [4.78, 5) is 2.58. The number of piperidine rings is 1. The second-order valence-corrected chi connectivity index (χ2v) is 9.01. The lowest BCUT2D eigenvalue weighted by molar-refractivity contribution is -0.0979. The van der Waals surface area contributed by atoms with E-state index in [0.717, 1.165) is 31.8 Å². The van der Waals surface area contributed by atoms with Crippen LogP contribution >= 0.6 is 0 Å². The molecular weight excluding hydrogens is 328 g/mol. The number of rotatable bonds is 4. The number of phenolic OH excluding ortho intramolecular Hbond substituents is 1. The maximum Gasteiger partial charge on any atom is 0.245 e. The van der Waals surface area contributed by atoms with Gasteiger partial charge in [0, 0.05) is 19.6 Å². The van der Waals surface area contributed by atoms with E-state index in [4.69, 9.17) is 4.74 Å². The first-order chi connectivity index (χ1) is 11.5. The monoisotopic (exact) mass is 352 g/mol. The molecule has 132 valence electrons. The fourth-order valence-corrected chi connectivity index (χ4v) is 5.60. The van der Waals surface area contributed by atoms with Crippen molar-refractivity contribution in [3.63, 3.8) is 0 Å². The van der Waals surface area contributed by atoms with Gasteiger partial charge in [0.25, 0.3) is 0 Å². The molecule has 24 heavy (non-hydrogen) atoms. The van der Waals surface area contributed by atoms with Crippen LogP contribution in [0.5, 0.6) is 5.75 Å². The molecule has 0 aromatic heterocycles. The highest BCUT2D eigenvalue weighted by Gasteiger charge is 2.51. The second kappa shape index (κ2) is 5.98. The van der Waals surface area contributed by atoms with Crippen molar-refractivity contribution in [2.75, 3.05) is 32.8 Å². The van der Waals surface area contributed by atoms with Crippen LogP contribution in [0.1, 0.15) is 25.7 Å². The first kappa shape index (κ1) is 16.3. The van der Waals surface area contributed by atoms with Gasteiger partial charge in [0.2, 0.25) is 10.0 Å². The van der Waals surface area contributed by atoms with Crippen LogP contribution in [0.2, 0.25) is 0 Å². The number of likely N-dealkylation sites (tertiary alicyclic amines) is 1. The van der Waals surface area contributed by atoms with Gasteiger partial charge in [0.05, 0.1) is 11.5 Å². The number of aromatic hydroxyl groups is 1. The molecule has 2 saturated heterocycles. The molecule has 1 aromatic rings. The van der Waals surface area contributed by atoms with Gasteiger partial charge < -0.3 is 9.84 Å². The van der Waals surface area contributed by atoms with Crippen LogP contribution in [0.3, 0.4) is 0 Å². The molecule has 1 unspecified atom stereocenters. The molecule has 1 saturated carbocycles. The van der Waals surface area contributed by atoms with Crippen molar-refractivity contribution in [2.45, 2.75) is 36.3 Å². The molecule has 4 rings (SSSR count). The van der Waals surface area contributed by atoms with Gasteiger partial charge in [-0.1, -0.05) is 0 Å². The summed E-state index contributed by atoms with van der Waals surface area (Å²) in [7, 11) is -3.63. The van der Waals surface area contributed by atoms with Gasteiger partial charge in [0.1, 0.15) is 11.5 Å². The number of nitrogens with zero attached hydrogens (tertiary/aromatic N) is 2. The van der Waals surface area contributed by atoms with Gasteiger partial charge >= 0.3 is 0 Å². The van der Waals surface area contributed by atoms with Gasteiger partial charge in [-0.25, -0.2) is 8.42 Å². The summed E-state index contributed by atoms with van der Waals surface area (Å²) < 4.78 is 33.8. The summed E-state index contributed by atoms with van der Waals surface area (Å²) in [6, 6.07) is 5.75. The maximum absolute atomic E-state index is 13.1. The van der Waals surface area contributed by atoms with Crippen LogP contribution in [-0.2, 0) is 14.8 Å². The quantitative estimate of drug-likeness (QED) is 0.892. The zero-order chi connectivity index (χ0) is 16.8. The number of hydrogen-bond donors (Lipinski definition) is 1. The highest BCUT2D eigenvalue weighted by atomic mass is 32.2. The largest absolute Gasteiger partial charge is 0.508 e. The average molecular weight is 352 g/mol. The minimum Gasteiger partial charge on any atom is -0.508 e. The van der Waals surface area contributed by atoms with Crippen molar-refractivity contribution < 1.29 is 18.3 Å². The van der Waals surface area contributed by atoms with E-state index in [1.54, 1.807) is 4.31 Å². The van der Waals surface area contributed by atoms with Gasteiger partial charge in [-0.2, -0.15) is 4.31 Å². The van der Waals surface area contributed by atoms with E-state index >= 15 is 0 Å². The topological polar surface area (TPSA) is 70.1 Å². The van der Waals surface area contributed by atoms with E-state index in [9.17, 15) is 13.5 Å². The SMILES string of the molecule is O=S(=O)(c1ccc(O)cc1)N1CCOC12CCCN(CC1CC1)C2. The van der Waals surface area contributed by atoms with Crippen molar-refractivity contribution >= 4 is 10.0 Å². The predicted octanol–water partition coefficient (Wildman–Crippen LogP) is 1.62. The Morgan fingerprint density at radius 1 is 1.21 bits per heavy atom. The first-order valence-electron chi connectivity index (χ1n) is 8.68. The van der Waals surface area contributed by atoms with E-state index in [1.165, 1.54) is 37.1 Å². The normalized spacial score (nSPS) is 29.3. The molecule has 0 bridgehead atoms. The van der Waals surface area contributed by atoms with Crippen molar-refractivity contribution in [3.8, 4) is 5.75 Å². The lowest BCUT2D eigenvalue weighted by Crippen LogP contribution is -2.58. The second-order valence-electron chi connectivity index (χ2n) is 7.15. The molecule has 3 fully saturated rings. The number of benzene rings is 1. The van der Waals surface area contributed by atoms with Crippen LogP contribution in [0.25, 0.3) is 0 Å². The number of hydrogen-bond acceptors (Lipinski definition) is 5. The molecule has 6 nitrogen and oxygen atoms in total. The summed E-state index contributed by atoms with van der Waals surface area (Å²) in [6.45, 7) is 3.56.